The van der Waals surface area contributed by atoms with Gasteiger partial charge in [-0.2, -0.15) is 0 Å². The third-order valence-corrected chi connectivity index (χ3v) is 3.27. The molecule has 1 saturated heterocycles. The van der Waals surface area contributed by atoms with Crippen LogP contribution in [0.3, 0.4) is 0 Å². The summed E-state index contributed by atoms with van der Waals surface area (Å²) >= 11 is 0. The van der Waals surface area contributed by atoms with Gasteiger partial charge in [0.1, 0.15) is 5.60 Å². The zero-order valence-corrected chi connectivity index (χ0v) is 13.6. The first-order chi connectivity index (χ1) is 9.73. The smallest absolute Gasteiger partial charge is 0.410 e. The maximum atomic E-state index is 11.8. The van der Waals surface area contributed by atoms with Gasteiger partial charge in [0.25, 0.3) is 0 Å². The SMILES string of the molecule is Cc1cc(CNC2CN(C(=O)OC(C)(C)C)C2)cc(C)n1. The fourth-order valence-corrected chi connectivity index (χ4v) is 2.37. The van der Waals surface area contributed by atoms with Crippen LogP contribution < -0.4 is 5.32 Å². The molecule has 5 nitrogen and oxygen atoms in total. The van der Waals surface area contributed by atoms with Crippen molar-refractivity contribution in [2.24, 2.45) is 0 Å². The van der Waals surface area contributed by atoms with Crippen LogP contribution >= 0.6 is 0 Å². The lowest BCUT2D eigenvalue weighted by atomic mass is 10.1. The molecule has 1 aliphatic rings. The normalized spacial score (nSPS) is 15.8. The van der Waals surface area contributed by atoms with E-state index in [1.807, 2.05) is 34.6 Å². The fourth-order valence-electron chi connectivity index (χ4n) is 2.37. The maximum absolute atomic E-state index is 11.8. The number of rotatable bonds is 3. The number of nitrogens with one attached hydrogen (secondary N) is 1. The second-order valence-corrected chi connectivity index (χ2v) is 6.72. The minimum Gasteiger partial charge on any atom is -0.444 e. The average molecular weight is 291 g/mol. The maximum Gasteiger partial charge on any atom is 0.410 e. The second kappa shape index (κ2) is 6.02. The summed E-state index contributed by atoms with van der Waals surface area (Å²) in [5, 5.41) is 3.46. The predicted octanol–water partition coefficient (Wildman–Crippen LogP) is 2.41. The Morgan fingerprint density at radius 3 is 2.43 bits per heavy atom. The summed E-state index contributed by atoms with van der Waals surface area (Å²) in [7, 11) is 0. The minimum absolute atomic E-state index is 0.226. The number of nitrogens with zero attached hydrogens (tertiary/aromatic N) is 2. The number of likely N-dealkylation sites (tertiary alicyclic amines) is 1. The Labute approximate surface area is 126 Å². The topological polar surface area (TPSA) is 54.5 Å². The van der Waals surface area contributed by atoms with Gasteiger partial charge in [-0.05, 0) is 52.3 Å². The second-order valence-electron chi connectivity index (χ2n) is 6.72. The number of aryl methyl sites for hydroxylation is 2. The summed E-state index contributed by atoms with van der Waals surface area (Å²) in [6, 6.07) is 4.51. The summed E-state index contributed by atoms with van der Waals surface area (Å²) in [5.74, 6) is 0. The van der Waals surface area contributed by atoms with Gasteiger partial charge in [0.05, 0.1) is 0 Å². The number of pyridine rings is 1. The van der Waals surface area contributed by atoms with Crippen molar-refractivity contribution in [3.63, 3.8) is 0 Å². The molecule has 5 heteroatoms. The Hall–Kier alpha value is -1.62. The van der Waals surface area contributed by atoms with Crippen LogP contribution in [-0.2, 0) is 11.3 Å². The molecule has 0 atom stereocenters. The number of aromatic nitrogens is 1. The van der Waals surface area contributed by atoms with Crippen LogP contribution in [0.2, 0.25) is 0 Å². The lowest BCUT2D eigenvalue weighted by Crippen LogP contribution is -2.60. The molecule has 1 aliphatic heterocycles. The highest BCUT2D eigenvalue weighted by molar-refractivity contribution is 5.69. The molecule has 0 saturated carbocycles. The summed E-state index contributed by atoms with van der Waals surface area (Å²) < 4.78 is 5.34. The van der Waals surface area contributed by atoms with Gasteiger partial charge in [0.15, 0.2) is 0 Å². The van der Waals surface area contributed by atoms with E-state index in [9.17, 15) is 4.79 Å². The first-order valence-corrected chi connectivity index (χ1v) is 7.38. The average Bonchev–Trinajstić information content (AvgIpc) is 2.22. The lowest BCUT2D eigenvalue weighted by molar-refractivity contribution is 0.00519. The van der Waals surface area contributed by atoms with E-state index >= 15 is 0 Å². The van der Waals surface area contributed by atoms with Gasteiger partial charge in [-0.25, -0.2) is 4.79 Å². The Bertz CT molecular complexity index is 496. The van der Waals surface area contributed by atoms with E-state index in [4.69, 9.17) is 4.74 Å². The van der Waals surface area contributed by atoms with Crippen molar-refractivity contribution < 1.29 is 9.53 Å². The molecule has 1 N–H and O–H groups in total. The van der Waals surface area contributed by atoms with Crippen molar-refractivity contribution in [2.45, 2.75) is 52.8 Å². The van der Waals surface area contributed by atoms with E-state index < -0.39 is 5.60 Å². The molecular weight excluding hydrogens is 266 g/mol. The highest BCUT2D eigenvalue weighted by Crippen LogP contribution is 2.15. The van der Waals surface area contributed by atoms with Crippen LogP contribution in [-0.4, -0.2) is 40.7 Å². The highest BCUT2D eigenvalue weighted by Gasteiger charge is 2.33. The molecule has 1 fully saturated rings. The van der Waals surface area contributed by atoms with Crippen molar-refractivity contribution in [2.75, 3.05) is 13.1 Å². The van der Waals surface area contributed by atoms with E-state index in [1.165, 1.54) is 5.56 Å². The third kappa shape index (κ3) is 4.70. The van der Waals surface area contributed by atoms with Gasteiger partial charge >= 0.3 is 6.09 Å². The first-order valence-electron chi connectivity index (χ1n) is 7.38. The number of carbonyl (C=O) groups excluding carboxylic acids is 1. The van der Waals surface area contributed by atoms with Crippen LogP contribution in [0.1, 0.15) is 37.7 Å². The molecular formula is C16H25N3O2. The molecule has 21 heavy (non-hydrogen) atoms. The van der Waals surface area contributed by atoms with Crippen LogP contribution in [0.25, 0.3) is 0 Å². The number of hydrogen-bond donors (Lipinski definition) is 1. The zero-order valence-electron chi connectivity index (χ0n) is 13.6. The molecule has 0 radical (unpaired) electrons. The van der Waals surface area contributed by atoms with Gasteiger partial charge < -0.3 is 15.0 Å². The molecule has 116 valence electrons. The zero-order chi connectivity index (χ0) is 15.6. The van der Waals surface area contributed by atoms with E-state index in [0.717, 1.165) is 17.9 Å². The Balaban J connectivity index is 1.74. The van der Waals surface area contributed by atoms with Gasteiger partial charge in [0, 0.05) is 37.1 Å². The molecule has 2 heterocycles. The van der Waals surface area contributed by atoms with E-state index in [1.54, 1.807) is 4.90 Å². The molecule has 0 aliphatic carbocycles. The van der Waals surface area contributed by atoms with E-state index in [2.05, 4.69) is 22.4 Å². The number of hydrogen-bond acceptors (Lipinski definition) is 4. The fraction of sp³-hybridized carbons (Fsp3) is 0.625. The molecule has 2 rings (SSSR count). The monoisotopic (exact) mass is 291 g/mol. The largest absolute Gasteiger partial charge is 0.444 e. The molecule has 0 spiro atoms. The van der Waals surface area contributed by atoms with Crippen molar-refractivity contribution in [3.05, 3.63) is 29.1 Å². The van der Waals surface area contributed by atoms with Gasteiger partial charge in [-0.3, -0.25) is 4.98 Å². The predicted molar refractivity (Wildman–Crippen MR) is 82.1 cm³/mol. The van der Waals surface area contributed by atoms with Crippen molar-refractivity contribution in [1.29, 1.82) is 0 Å². The quantitative estimate of drug-likeness (QED) is 0.929. The Morgan fingerprint density at radius 1 is 1.33 bits per heavy atom. The molecule has 1 amide bonds. The van der Waals surface area contributed by atoms with Crippen LogP contribution in [0, 0.1) is 13.8 Å². The van der Waals surface area contributed by atoms with Gasteiger partial charge in [0.2, 0.25) is 0 Å². The lowest BCUT2D eigenvalue weighted by Gasteiger charge is -2.40. The van der Waals surface area contributed by atoms with Crippen molar-refractivity contribution in [1.82, 2.24) is 15.2 Å². The van der Waals surface area contributed by atoms with Crippen molar-refractivity contribution in [3.8, 4) is 0 Å². The summed E-state index contributed by atoms with van der Waals surface area (Å²) in [5.41, 5.74) is 2.88. The Kier molecular flexibility index (Phi) is 4.52. The summed E-state index contributed by atoms with van der Waals surface area (Å²) in [6.07, 6.45) is -0.226. The van der Waals surface area contributed by atoms with E-state index in [-0.39, 0.29) is 6.09 Å². The van der Waals surface area contributed by atoms with Crippen LogP contribution in [0.5, 0.6) is 0 Å². The molecule has 1 aromatic rings. The Morgan fingerprint density at radius 2 is 1.90 bits per heavy atom. The molecule has 0 unspecified atom stereocenters. The van der Waals surface area contributed by atoms with Gasteiger partial charge in [-0.1, -0.05) is 0 Å². The van der Waals surface area contributed by atoms with Crippen molar-refractivity contribution >= 4 is 6.09 Å². The third-order valence-electron chi connectivity index (χ3n) is 3.27. The number of carbonyl (C=O) groups is 1. The first kappa shape index (κ1) is 15.8. The minimum atomic E-state index is -0.429. The standard InChI is InChI=1S/C16H25N3O2/c1-11-6-13(7-12(2)18-11)8-17-14-9-19(10-14)15(20)21-16(3,4)5/h6-7,14,17H,8-10H2,1-5H3. The number of ether oxygens (including phenoxy) is 1. The summed E-state index contributed by atoms with van der Waals surface area (Å²) in [6.45, 7) is 11.9. The molecule has 0 aromatic carbocycles. The van der Waals surface area contributed by atoms with Crippen LogP contribution in [0.4, 0.5) is 4.79 Å². The molecule has 1 aromatic heterocycles. The van der Waals surface area contributed by atoms with Crippen LogP contribution in [0.15, 0.2) is 12.1 Å². The highest BCUT2D eigenvalue weighted by atomic mass is 16.6. The summed E-state index contributed by atoms with van der Waals surface area (Å²) in [4.78, 5) is 17.9. The van der Waals surface area contributed by atoms with E-state index in [0.29, 0.717) is 19.1 Å². The van der Waals surface area contributed by atoms with Gasteiger partial charge in [-0.15, -0.1) is 0 Å². The number of amides is 1. The molecule has 0 bridgehead atoms.